The number of anilines is 1. The molecule has 0 radical (unpaired) electrons. The first-order valence-electron chi connectivity index (χ1n) is 9.00. The fraction of sp³-hybridized carbons (Fsp3) is 0.450. The van der Waals surface area contributed by atoms with Crippen LogP contribution < -0.4 is 4.90 Å². The lowest BCUT2D eigenvalue weighted by Gasteiger charge is -2.33. The molecule has 5 nitrogen and oxygen atoms in total. The molecule has 1 aliphatic heterocycles. The molecule has 2 aromatic rings. The molecule has 5 heteroatoms. The van der Waals surface area contributed by atoms with Crippen molar-refractivity contribution in [2.24, 2.45) is 0 Å². The lowest BCUT2D eigenvalue weighted by atomic mass is 9.81. The molecule has 0 spiro atoms. The van der Waals surface area contributed by atoms with E-state index in [-0.39, 0.29) is 11.7 Å². The van der Waals surface area contributed by atoms with Gasteiger partial charge in [-0.1, -0.05) is 24.3 Å². The third kappa shape index (κ3) is 3.16. The van der Waals surface area contributed by atoms with Crippen LogP contribution >= 0.6 is 0 Å². The normalized spacial score (nSPS) is 21.3. The molecule has 2 aliphatic rings. The van der Waals surface area contributed by atoms with Crippen molar-refractivity contribution in [2.75, 3.05) is 38.1 Å². The predicted molar refractivity (Wildman–Crippen MR) is 98.3 cm³/mol. The van der Waals surface area contributed by atoms with Crippen molar-refractivity contribution in [3.8, 4) is 0 Å². The van der Waals surface area contributed by atoms with E-state index in [0.29, 0.717) is 12.0 Å². The number of aromatic nitrogens is 2. The minimum absolute atomic E-state index is 0.166. The zero-order valence-corrected chi connectivity index (χ0v) is 14.9. The van der Waals surface area contributed by atoms with E-state index < -0.39 is 0 Å². The number of ketones is 1. The van der Waals surface area contributed by atoms with Gasteiger partial charge in [0, 0.05) is 38.8 Å². The van der Waals surface area contributed by atoms with Gasteiger partial charge in [-0.15, -0.1) is 0 Å². The molecule has 0 bridgehead atoms. The van der Waals surface area contributed by atoms with Crippen LogP contribution in [-0.2, 0) is 6.42 Å². The zero-order valence-electron chi connectivity index (χ0n) is 14.9. The van der Waals surface area contributed by atoms with Crippen molar-refractivity contribution in [1.82, 2.24) is 14.9 Å². The van der Waals surface area contributed by atoms with E-state index in [4.69, 9.17) is 4.98 Å². The molecule has 1 fully saturated rings. The van der Waals surface area contributed by atoms with Crippen molar-refractivity contribution < 1.29 is 4.79 Å². The maximum Gasteiger partial charge on any atom is 0.225 e. The summed E-state index contributed by atoms with van der Waals surface area (Å²) in [6.07, 6.45) is 3.11. The minimum Gasteiger partial charge on any atom is -0.338 e. The van der Waals surface area contributed by atoms with Crippen molar-refractivity contribution in [1.29, 1.82) is 0 Å². The molecule has 1 atom stereocenters. The van der Waals surface area contributed by atoms with E-state index in [1.54, 1.807) is 6.20 Å². The average Bonchev–Trinajstić information content (AvgIpc) is 2.62. The second kappa shape index (κ2) is 6.56. The second-order valence-electron chi connectivity index (χ2n) is 7.21. The van der Waals surface area contributed by atoms with Gasteiger partial charge in [-0.2, -0.15) is 0 Å². The first-order valence-corrected chi connectivity index (χ1v) is 9.00. The highest BCUT2D eigenvalue weighted by molar-refractivity contribution is 5.98. The van der Waals surface area contributed by atoms with E-state index in [1.165, 1.54) is 11.1 Å². The van der Waals surface area contributed by atoms with Crippen LogP contribution in [0.1, 0.15) is 39.5 Å². The second-order valence-corrected chi connectivity index (χ2v) is 7.21. The van der Waals surface area contributed by atoms with Crippen LogP contribution in [0.3, 0.4) is 0 Å². The van der Waals surface area contributed by atoms with Gasteiger partial charge in [0.05, 0.1) is 11.3 Å². The number of rotatable bonds is 2. The topological polar surface area (TPSA) is 49.3 Å². The summed E-state index contributed by atoms with van der Waals surface area (Å²) in [6, 6.07) is 8.36. The smallest absolute Gasteiger partial charge is 0.225 e. The standard InChI is InChI=1S/C20H24N4O/c1-14-5-3-4-6-16(14)15-11-18-17(19(25)12-15)13-21-20(22-18)24-9-7-23(2)8-10-24/h3-6,13,15H,7-12H2,1-2H3/t15-/m1/s1. The largest absolute Gasteiger partial charge is 0.338 e. The fourth-order valence-corrected chi connectivity index (χ4v) is 3.86. The number of piperazine rings is 1. The number of hydrogen-bond donors (Lipinski definition) is 0. The Bertz CT molecular complexity index is 796. The van der Waals surface area contributed by atoms with Crippen molar-refractivity contribution in [3.05, 3.63) is 52.8 Å². The van der Waals surface area contributed by atoms with Crippen molar-refractivity contribution in [2.45, 2.75) is 25.7 Å². The number of carbonyl (C=O) groups is 1. The predicted octanol–water partition coefficient (Wildman–Crippen LogP) is 2.45. The Morgan fingerprint density at radius 2 is 1.84 bits per heavy atom. The summed E-state index contributed by atoms with van der Waals surface area (Å²) >= 11 is 0. The van der Waals surface area contributed by atoms with Gasteiger partial charge >= 0.3 is 0 Å². The molecule has 25 heavy (non-hydrogen) atoms. The van der Waals surface area contributed by atoms with Crippen LogP contribution in [0.2, 0.25) is 0 Å². The number of nitrogens with zero attached hydrogens (tertiary/aromatic N) is 4. The molecular formula is C20H24N4O. The van der Waals surface area contributed by atoms with Gasteiger partial charge in [0.1, 0.15) is 0 Å². The first-order chi connectivity index (χ1) is 12.1. The molecule has 1 aliphatic carbocycles. The van der Waals surface area contributed by atoms with E-state index >= 15 is 0 Å². The van der Waals surface area contributed by atoms with Crippen LogP contribution in [0.15, 0.2) is 30.5 Å². The Labute approximate surface area is 148 Å². The zero-order chi connectivity index (χ0) is 17.4. The molecule has 1 aromatic carbocycles. The van der Waals surface area contributed by atoms with Gasteiger partial charge in [-0.25, -0.2) is 9.97 Å². The number of benzene rings is 1. The van der Waals surface area contributed by atoms with E-state index in [1.807, 2.05) is 6.07 Å². The Kier molecular flexibility index (Phi) is 4.25. The highest BCUT2D eigenvalue weighted by Gasteiger charge is 2.29. The van der Waals surface area contributed by atoms with Gasteiger partial charge in [-0.05, 0) is 37.4 Å². The van der Waals surface area contributed by atoms with Crippen molar-refractivity contribution in [3.63, 3.8) is 0 Å². The van der Waals surface area contributed by atoms with Crippen LogP contribution in [0.5, 0.6) is 0 Å². The number of aryl methyl sites for hydroxylation is 1. The molecule has 0 unspecified atom stereocenters. The third-order valence-corrected chi connectivity index (χ3v) is 5.44. The average molecular weight is 336 g/mol. The van der Waals surface area contributed by atoms with Crippen LogP contribution in [-0.4, -0.2) is 53.9 Å². The van der Waals surface area contributed by atoms with E-state index in [2.05, 4.69) is 47.0 Å². The molecule has 4 rings (SSSR count). The Balaban J connectivity index is 1.62. The Hall–Kier alpha value is -2.27. The third-order valence-electron chi connectivity index (χ3n) is 5.44. The summed E-state index contributed by atoms with van der Waals surface area (Å²) in [6.45, 7) is 6.02. The molecular weight excluding hydrogens is 312 g/mol. The highest BCUT2D eigenvalue weighted by Crippen LogP contribution is 2.33. The first kappa shape index (κ1) is 16.2. The SMILES string of the molecule is Cc1ccccc1[C@H]1CC(=O)c2cnc(N3CCN(C)CC3)nc2C1. The highest BCUT2D eigenvalue weighted by atomic mass is 16.1. The number of likely N-dealkylation sites (N-methyl/N-ethyl adjacent to an activating group) is 1. The summed E-state index contributed by atoms with van der Waals surface area (Å²) in [4.78, 5) is 26.4. The maximum absolute atomic E-state index is 12.6. The minimum atomic E-state index is 0.166. The fourth-order valence-electron chi connectivity index (χ4n) is 3.86. The lowest BCUT2D eigenvalue weighted by Crippen LogP contribution is -2.45. The van der Waals surface area contributed by atoms with Crippen LogP contribution in [0, 0.1) is 6.92 Å². The van der Waals surface area contributed by atoms with Gasteiger partial charge in [-0.3, -0.25) is 4.79 Å². The Morgan fingerprint density at radius 1 is 1.08 bits per heavy atom. The number of fused-ring (bicyclic) bond motifs is 1. The van der Waals surface area contributed by atoms with Gasteiger partial charge in [0.15, 0.2) is 5.78 Å². The molecule has 0 N–H and O–H groups in total. The van der Waals surface area contributed by atoms with Crippen molar-refractivity contribution >= 4 is 11.7 Å². The molecule has 130 valence electrons. The van der Waals surface area contributed by atoms with Crippen LogP contribution in [0.4, 0.5) is 5.95 Å². The van der Waals surface area contributed by atoms with E-state index in [0.717, 1.165) is 44.2 Å². The number of hydrogen-bond acceptors (Lipinski definition) is 5. The molecule has 1 aromatic heterocycles. The summed E-state index contributed by atoms with van der Waals surface area (Å²) in [7, 11) is 2.14. The van der Waals surface area contributed by atoms with E-state index in [9.17, 15) is 4.79 Å². The molecule has 1 saturated heterocycles. The molecule has 2 heterocycles. The van der Waals surface area contributed by atoms with Crippen LogP contribution in [0.25, 0.3) is 0 Å². The quantitative estimate of drug-likeness (QED) is 0.843. The Morgan fingerprint density at radius 3 is 2.60 bits per heavy atom. The maximum atomic E-state index is 12.6. The van der Waals surface area contributed by atoms with Gasteiger partial charge in [0.2, 0.25) is 5.95 Å². The number of carbonyl (C=O) groups excluding carboxylic acids is 1. The lowest BCUT2D eigenvalue weighted by molar-refractivity contribution is 0.0962. The summed E-state index contributed by atoms with van der Waals surface area (Å²) < 4.78 is 0. The monoisotopic (exact) mass is 336 g/mol. The number of Topliss-reactive ketones (excluding diaryl/α,β-unsaturated/α-hetero) is 1. The summed E-state index contributed by atoms with van der Waals surface area (Å²) in [5, 5.41) is 0. The van der Waals surface area contributed by atoms with Gasteiger partial charge in [0.25, 0.3) is 0 Å². The summed E-state index contributed by atoms with van der Waals surface area (Å²) in [5.41, 5.74) is 4.13. The molecule has 0 saturated carbocycles. The van der Waals surface area contributed by atoms with Gasteiger partial charge < -0.3 is 9.80 Å². The molecule has 0 amide bonds. The summed E-state index contributed by atoms with van der Waals surface area (Å²) in [5.74, 6) is 1.15.